The molecule has 2 rings (SSSR count). The Balaban J connectivity index is 2.25. The van der Waals surface area contributed by atoms with Crippen LogP contribution in [0.2, 0.25) is 5.02 Å². The molecule has 0 spiro atoms. The fourth-order valence-electron chi connectivity index (χ4n) is 2.22. The Hall–Kier alpha value is -2.20. The van der Waals surface area contributed by atoms with Gasteiger partial charge in [0.25, 0.3) is 5.91 Å². The van der Waals surface area contributed by atoms with E-state index in [1.54, 1.807) is 44.5 Å². The van der Waals surface area contributed by atoms with Crippen molar-refractivity contribution in [3.05, 3.63) is 58.1 Å². The number of aromatic hydroxyl groups is 1. The first-order valence-corrected chi connectivity index (χ1v) is 7.17. The van der Waals surface area contributed by atoms with Crippen molar-refractivity contribution in [2.75, 3.05) is 14.2 Å². The lowest BCUT2D eigenvalue weighted by Crippen LogP contribution is -2.26. The van der Waals surface area contributed by atoms with Crippen LogP contribution < -0.4 is 4.74 Å². The number of methoxy groups -OCH3 is 1. The third kappa shape index (κ3) is 3.52. The number of benzene rings is 2. The third-order valence-corrected chi connectivity index (χ3v) is 3.61. The molecule has 0 bridgehead atoms. The molecular weight excluding hydrogens is 302 g/mol. The maximum absolute atomic E-state index is 12.5. The Morgan fingerprint density at radius 2 is 2.00 bits per heavy atom. The molecule has 1 N–H and O–H groups in total. The van der Waals surface area contributed by atoms with Gasteiger partial charge >= 0.3 is 0 Å². The number of amides is 1. The number of ether oxygens (including phenoxy) is 1. The van der Waals surface area contributed by atoms with Gasteiger partial charge in [-0.1, -0.05) is 23.2 Å². The number of halogens is 1. The van der Waals surface area contributed by atoms with Gasteiger partial charge in [-0.05, 0) is 37.3 Å². The normalized spacial score (nSPS) is 10.4. The van der Waals surface area contributed by atoms with Gasteiger partial charge < -0.3 is 14.7 Å². The van der Waals surface area contributed by atoms with Gasteiger partial charge in [0.05, 0.1) is 12.7 Å². The van der Waals surface area contributed by atoms with E-state index >= 15 is 0 Å². The van der Waals surface area contributed by atoms with Gasteiger partial charge in [0.1, 0.15) is 11.5 Å². The van der Waals surface area contributed by atoms with E-state index in [-0.39, 0.29) is 17.2 Å². The lowest BCUT2D eigenvalue weighted by atomic mass is 10.1. The summed E-state index contributed by atoms with van der Waals surface area (Å²) in [5.74, 6) is 0.376. The molecule has 116 valence electrons. The van der Waals surface area contributed by atoms with Crippen molar-refractivity contribution < 1.29 is 14.6 Å². The van der Waals surface area contributed by atoms with Crippen molar-refractivity contribution in [1.29, 1.82) is 0 Å². The summed E-state index contributed by atoms with van der Waals surface area (Å²) in [6, 6.07) is 10.2. The zero-order chi connectivity index (χ0) is 16.3. The highest BCUT2D eigenvalue weighted by molar-refractivity contribution is 6.30. The molecule has 5 heteroatoms. The molecule has 22 heavy (non-hydrogen) atoms. The summed E-state index contributed by atoms with van der Waals surface area (Å²) in [5, 5.41) is 10.5. The molecule has 0 radical (unpaired) electrons. The first-order valence-electron chi connectivity index (χ1n) is 6.80. The van der Waals surface area contributed by atoms with Gasteiger partial charge in [0.15, 0.2) is 0 Å². The molecule has 0 fully saturated rings. The van der Waals surface area contributed by atoms with Crippen molar-refractivity contribution in [3.8, 4) is 11.5 Å². The highest BCUT2D eigenvalue weighted by Gasteiger charge is 2.17. The second-order valence-corrected chi connectivity index (χ2v) is 5.57. The van der Waals surface area contributed by atoms with Crippen molar-refractivity contribution in [3.63, 3.8) is 0 Å². The van der Waals surface area contributed by atoms with Crippen molar-refractivity contribution in [1.82, 2.24) is 4.90 Å². The fourth-order valence-corrected chi connectivity index (χ4v) is 2.42. The SMILES string of the molecule is COc1ccc(Cl)cc1CN(C)C(=O)c1cc(C)ccc1O. The van der Waals surface area contributed by atoms with Gasteiger partial charge in [-0.25, -0.2) is 0 Å². The van der Waals surface area contributed by atoms with E-state index in [0.717, 1.165) is 11.1 Å². The van der Waals surface area contributed by atoms with E-state index < -0.39 is 0 Å². The van der Waals surface area contributed by atoms with Crippen molar-refractivity contribution in [2.24, 2.45) is 0 Å². The predicted molar refractivity (Wildman–Crippen MR) is 86.6 cm³/mol. The summed E-state index contributed by atoms with van der Waals surface area (Å²) in [5.41, 5.74) is 2.00. The Kier molecular flexibility index (Phi) is 4.93. The lowest BCUT2D eigenvalue weighted by Gasteiger charge is -2.20. The average Bonchev–Trinajstić information content (AvgIpc) is 2.49. The van der Waals surface area contributed by atoms with Crippen LogP contribution >= 0.6 is 11.6 Å². The number of nitrogens with zero attached hydrogens (tertiary/aromatic N) is 1. The molecule has 0 heterocycles. The minimum absolute atomic E-state index is 0.0273. The van der Waals surface area contributed by atoms with Gasteiger partial charge in [-0.15, -0.1) is 0 Å². The van der Waals surface area contributed by atoms with Crippen LogP contribution in [0, 0.1) is 6.92 Å². The van der Waals surface area contributed by atoms with Crippen molar-refractivity contribution in [2.45, 2.75) is 13.5 Å². The van der Waals surface area contributed by atoms with Gasteiger partial charge in [-0.2, -0.15) is 0 Å². The van der Waals surface area contributed by atoms with Gasteiger partial charge in [0, 0.05) is 24.2 Å². The molecule has 0 saturated carbocycles. The van der Waals surface area contributed by atoms with Crippen LogP contribution in [-0.2, 0) is 6.54 Å². The second-order valence-electron chi connectivity index (χ2n) is 5.14. The molecule has 0 saturated heterocycles. The zero-order valence-corrected chi connectivity index (χ0v) is 13.5. The first-order chi connectivity index (χ1) is 10.4. The minimum Gasteiger partial charge on any atom is -0.507 e. The topological polar surface area (TPSA) is 49.8 Å². The van der Waals surface area contributed by atoms with E-state index in [1.165, 1.54) is 11.0 Å². The van der Waals surface area contributed by atoms with E-state index in [2.05, 4.69) is 0 Å². The van der Waals surface area contributed by atoms with E-state index in [0.29, 0.717) is 17.3 Å². The van der Waals surface area contributed by atoms with Gasteiger partial charge in [-0.3, -0.25) is 4.79 Å². The van der Waals surface area contributed by atoms with Crippen LogP contribution in [0.3, 0.4) is 0 Å². The number of carbonyl (C=O) groups is 1. The number of hydrogen-bond donors (Lipinski definition) is 1. The molecule has 0 aliphatic heterocycles. The summed E-state index contributed by atoms with van der Waals surface area (Å²) >= 11 is 6.00. The van der Waals surface area contributed by atoms with Crippen LogP contribution in [0.1, 0.15) is 21.5 Å². The smallest absolute Gasteiger partial charge is 0.257 e. The van der Waals surface area contributed by atoms with Crippen molar-refractivity contribution >= 4 is 17.5 Å². The Morgan fingerprint density at radius 1 is 1.27 bits per heavy atom. The Morgan fingerprint density at radius 3 is 2.68 bits per heavy atom. The number of hydrogen-bond acceptors (Lipinski definition) is 3. The second kappa shape index (κ2) is 6.71. The van der Waals surface area contributed by atoms with Crippen LogP contribution in [0.5, 0.6) is 11.5 Å². The fraction of sp³-hybridized carbons (Fsp3) is 0.235. The molecule has 0 aliphatic carbocycles. The molecule has 2 aromatic rings. The van der Waals surface area contributed by atoms with E-state index in [1.807, 2.05) is 6.92 Å². The standard InChI is InChI=1S/C17H18ClNO3/c1-11-4-6-15(20)14(8-11)17(21)19(2)10-12-9-13(18)5-7-16(12)22-3/h4-9,20H,10H2,1-3H3. The monoisotopic (exact) mass is 319 g/mol. The van der Waals surface area contributed by atoms with Crippen LogP contribution in [0.25, 0.3) is 0 Å². The Labute approximate surface area is 134 Å². The number of phenolic OH excluding ortho intramolecular Hbond substituents is 1. The maximum Gasteiger partial charge on any atom is 0.257 e. The maximum atomic E-state index is 12.5. The molecular formula is C17H18ClNO3. The highest BCUT2D eigenvalue weighted by atomic mass is 35.5. The summed E-state index contributed by atoms with van der Waals surface area (Å²) < 4.78 is 5.28. The van der Waals surface area contributed by atoms with Crippen LogP contribution in [0.4, 0.5) is 0 Å². The van der Waals surface area contributed by atoms with E-state index in [4.69, 9.17) is 16.3 Å². The number of carbonyl (C=O) groups excluding carboxylic acids is 1. The van der Waals surface area contributed by atoms with Crippen LogP contribution in [-0.4, -0.2) is 30.1 Å². The van der Waals surface area contributed by atoms with Gasteiger partial charge in [0.2, 0.25) is 0 Å². The van der Waals surface area contributed by atoms with E-state index in [9.17, 15) is 9.90 Å². The summed E-state index contributed by atoms with van der Waals surface area (Å²) in [6.45, 7) is 2.20. The average molecular weight is 320 g/mol. The summed E-state index contributed by atoms with van der Waals surface area (Å²) in [7, 11) is 3.24. The molecule has 0 aliphatic rings. The summed E-state index contributed by atoms with van der Waals surface area (Å²) in [4.78, 5) is 14.0. The largest absolute Gasteiger partial charge is 0.507 e. The third-order valence-electron chi connectivity index (χ3n) is 3.38. The minimum atomic E-state index is -0.261. The number of rotatable bonds is 4. The molecule has 0 atom stereocenters. The Bertz CT molecular complexity index is 700. The summed E-state index contributed by atoms with van der Waals surface area (Å²) in [6.07, 6.45) is 0. The lowest BCUT2D eigenvalue weighted by molar-refractivity contribution is 0.0781. The predicted octanol–water partition coefficient (Wildman–Crippen LogP) is 3.63. The quantitative estimate of drug-likeness (QED) is 0.936. The van der Waals surface area contributed by atoms with Crippen LogP contribution in [0.15, 0.2) is 36.4 Å². The highest BCUT2D eigenvalue weighted by Crippen LogP contribution is 2.25. The molecule has 0 aromatic heterocycles. The molecule has 4 nitrogen and oxygen atoms in total. The number of phenols is 1. The first kappa shape index (κ1) is 16.2. The zero-order valence-electron chi connectivity index (χ0n) is 12.8. The molecule has 0 unspecified atom stereocenters. The molecule has 1 amide bonds. The number of aryl methyl sites for hydroxylation is 1. The molecule has 2 aromatic carbocycles.